The molecule has 0 atom stereocenters. The molecule has 3 aromatic rings. The minimum Gasteiger partial charge on any atom is -0.416 e. The monoisotopic (exact) mass is 385 g/mol. The fraction of sp³-hybridized carbons (Fsp3) is 0.300. The molecule has 0 amide bonds. The molecule has 3 rings (SSSR count). The van der Waals surface area contributed by atoms with Crippen molar-refractivity contribution in [2.75, 3.05) is 13.1 Å². The van der Waals surface area contributed by atoms with E-state index in [2.05, 4.69) is 10.2 Å². The Morgan fingerprint density at radius 3 is 2.04 bits per heavy atom. The molecule has 0 bridgehead atoms. The van der Waals surface area contributed by atoms with Gasteiger partial charge in [-0.05, 0) is 43.7 Å². The number of benzene rings is 2. The molecule has 0 aliphatic carbocycles. The number of nitrogens with zero attached hydrogens (tertiary/aromatic N) is 3. The molecule has 0 saturated heterocycles. The van der Waals surface area contributed by atoms with Crippen LogP contribution >= 0.6 is 0 Å². The second-order valence-corrected chi connectivity index (χ2v) is 8.25. The van der Waals surface area contributed by atoms with Crippen molar-refractivity contribution in [1.82, 2.24) is 14.5 Å². The molecule has 0 aliphatic rings. The Hall–Kier alpha value is -2.51. The summed E-state index contributed by atoms with van der Waals surface area (Å²) in [6.45, 7) is 8.28. The predicted octanol–water partition coefficient (Wildman–Crippen LogP) is 4.05. The van der Waals surface area contributed by atoms with Crippen molar-refractivity contribution in [3.05, 3.63) is 53.6 Å². The van der Waals surface area contributed by atoms with Crippen LogP contribution in [0.4, 0.5) is 0 Å². The van der Waals surface area contributed by atoms with E-state index in [0.717, 1.165) is 11.1 Å². The standard InChI is InChI=1S/C20H23N3O3S/c1-5-23(6-2)27(24,25)18-13-17(12-9-15(18)4)20-22-21-19(26-20)16-10-7-14(3)8-11-16/h7-13H,5-6H2,1-4H3. The van der Waals surface area contributed by atoms with Gasteiger partial charge in [0.1, 0.15) is 0 Å². The van der Waals surface area contributed by atoms with Crippen LogP contribution in [0.3, 0.4) is 0 Å². The molecule has 0 spiro atoms. The first-order valence-corrected chi connectivity index (χ1v) is 10.3. The Balaban J connectivity index is 2.01. The Morgan fingerprint density at radius 2 is 1.44 bits per heavy atom. The van der Waals surface area contributed by atoms with Gasteiger partial charge in [0.25, 0.3) is 0 Å². The molecule has 7 heteroatoms. The maximum absolute atomic E-state index is 12.9. The summed E-state index contributed by atoms with van der Waals surface area (Å²) < 4.78 is 33.1. The maximum atomic E-state index is 12.9. The van der Waals surface area contributed by atoms with Crippen LogP contribution in [0, 0.1) is 13.8 Å². The highest BCUT2D eigenvalue weighted by Gasteiger charge is 2.24. The van der Waals surface area contributed by atoms with Crippen molar-refractivity contribution in [2.45, 2.75) is 32.6 Å². The SMILES string of the molecule is CCN(CC)S(=O)(=O)c1cc(-c2nnc(-c3ccc(C)cc3)o2)ccc1C. The molecule has 6 nitrogen and oxygen atoms in total. The van der Waals surface area contributed by atoms with Crippen molar-refractivity contribution < 1.29 is 12.8 Å². The zero-order valence-electron chi connectivity index (χ0n) is 15.9. The van der Waals surface area contributed by atoms with Crippen LogP contribution in [0.15, 0.2) is 51.8 Å². The molecule has 0 saturated carbocycles. The van der Waals surface area contributed by atoms with Crippen molar-refractivity contribution in [3.63, 3.8) is 0 Å². The van der Waals surface area contributed by atoms with E-state index in [0.29, 0.717) is 36.0 Å². The lowest BCUT2D eigenvalue weighted by Gasteiger charge is -2.20. The van der Waals surface area contributed by atoms with E-state index >= 15 is 0 Å². The second kappa shape index (κ2) is 7.62. The summed E-state index contributed by atoms with van der Waals surface area (Å²) in [7, 11) is -3.57. The van der Waals surface area contributed by atoms with Gasteiger partial charge >= 0.3 is 0 Å². The van der Waals surface area contributed by atoms with Crippen molar-refractivity contribution >= 4 is 10.0 Å². The third-order valence-corrected chi connectivity index (χ3v) is 6.67. The lowest BCUT2D eigenvalue weighted by molar-refractivity contribution is 0.445. The van der Waals surface area contributed by atoms with Gasteiger partial charge in [-0.1, -0.05) is 37.6 Å². The molecular weight excluding hydrogens is 362 g/mol. The molecule has 0 unspecified atom stereocenters. The highest BCUT2D eigenvalue weighted by Crippen LogP contribution is 2.28. The van der Waals surface area contributed by atoms with Gasteiger partial charge in [-0.2, -0.15) is 4.31 Å². The lowest BCUT2D eigenvalue weighted by atomic mass is 10.1. The topological polar surface area (TPSA) is 76.3 Å². The Kier molecular flexibility index (Phi) is 5.43. The number of rotatable bonds is 6. The molecule has 0 radical (unpaired) electrons. The minimum atomic E-state index is -3.57. The van der Waals surface area contributed by atoms with Crippen LogP contribution in [0.1, 0.15) is 25.0 Å². The highest BCUT2D eigenvalue weighted by molar-refractivity contribution is 7.89. The first kappa shape index (κ1) is 19.3. The van der Waals surface area contributed by atoms with Crippen LogP contribution in [0.5, 0.6) is 0 Å². The van der Waals surface area contributed by atoms with Gasteiger partial charge in [-0.25, -0.2) is 8.42 Å². The van der Waals surface area contributed by atoms with Crippen molar-refractivity contribution in [2.24, 2.45) is 0 Å². The quantitative estimate of drug-likeness (QED) is 0.640. The Bertz CT molecular complexity index is 1040. The van der Waals surface area contributed by atoms with E-state index in [1.807, 2.05) is 45.0 Å². The number of sulfonamides is 1. The molecule has 27 heavy (non-hydrogen) atoms. The smallest absolute Gasteiger partial charge is 0.248 e. The average molecular weight is 385 g/mol. The van der Waals surface area contributed by atoms with Crippen molar-refractivity contribution in [3.8, 4) is 22.9 Å². The minimum absolute atomic E-state index is 0.263. The van der Waals surface area contributed by atoms with E-state index < -0.39 is 10.0 Å². The summed E-state index contributed by atoms with van der Waals surface area (Å²) in [5, 5.41) is 8.20. The molecular formula is C20H23N3O3S. The summed E-state index contributed by atoms with van der Waals surface area (Å²) >= 11 is 0. The summed E-state index contributed by atoms with van der Waals surface area (Å²) in [5.74, 6) is 0.695. The zero-order valence-corrected chi connectivity index (χ0v) is 16.7. The van der Waals surface area contributed by atoms with E-state index in [-0.39, 0.29) is 4.90 Å². The van der Waals surface area contributed by atoms with Crippen LogP contribution in [-0.4, -0.2) is 36.0 Å². The number of hydrogen-bond acceptors (Lipinski definition) is 5. The van der Waals surface area contributed by atoms with E-state index in [4.69, 9.17) is 4.42 Å². The zero-order chi connectivity index (χ0) is 19.6. The molecule has 0 N–H and O–H groups in total. The second-order valence-electron chi connectivity index (χ2n) is 6.35. The van der Waals surface area contributed by atoms with Crippen LogP contribution in [0.25, 0.3) is 22.9 Å². The van der Waals surface area contributed by atoms with E-state index in [1.54, 1.807) is 25.1 Å². The Morgan fingerprint density at radius 1 is 0.889 bits per heavy atom. The van der Waals surface area contributed by atoms with Gasteiger partial charge in [0.05, 0.1) is 4.90 Å². The highest BCUT2D eigenvalue weighted by atomic mass is 32.2. The number of aryl methyl sites for hydroxylation is 2. The molecule has 0 aliphatic heterocycles. The molecule has 2 aromatic carbocycles. The van der Waals surface area contributed by atoms with Gasteiger partial charge in [0.15, 0.2) is 0 Å². The number of aromatic nitrogens is 2. The molecule has 1 heterocycles. The molecule has 0 fully saturated rings. The Labute approximate surface area is 159 Å². The number of hydrogen-bond donors (Lipinski definition) is 0. The van der Waals surface area contributed by atoms with E-state index in [1.165, 1.54) is 4.31 Å². The van der Waals surface area contributed by atoms with Crippen molar-refractivity contribution in [1.29, 1.82) is 0 Å². The first-order chi connectivity index (χ1) is 12.9. The molecule has 142 valence electrons. The lowest BCUT2D eigenvalue weighted by Crippen LogP contribution is -2.31. The van der Waals surface area contributed by atoms with Crippen LogP contribution in [0.2, 0.25) is 0 Å². The largest absolute Gasteiger partial charge is 0.416 e. The summed E-state index contributed by atoms with van der Waals surface area (Å²) in [6, 6.07) is 12.9. The van der Waals surface area contributed by atoms with Crippen LogP contribution in [-0.2, 0) is 10.0 Å². The fourth-order valence-corrected chi connectivity index (χ4v) is 4.58. The van der Waals surface area contributed by atoms with E-state index in [9.17, 15) is 8.42 Å². The summed E-state index contributed by atoms with van der Waals surface area (Å²) in [6.07, 6.45) is 0. The maximum Gasteiger partial charge on any atom is 0.248 e. The fourth-order valence-electron chi connectivity index (χ4n) is 2.87. The van der Waals surface area contributed by atoms with Gasteiger partial charge in [0, 0.05) is 24.2 Å². The average Bonchev–Trinajstić information content (AvgIpc) is 3.13. The third-order valence-electron chi connectivity index (χ3n) is 4.48. The molecule has 1 aromatic heterocycles. The van der Waals surface area contributed by atoms with Gasteiger partial charge in [-0.15, -0.1) is 10.2 Å². The van der Waals surface area contributed by atoms with Crippen LogP contribution < -0.4 is 0 Å². The predicted molar refractivity (Wildman–Crippen MR) is 105 cm³/mol. The summed E-state index contributed by atoms with van der Waals surface area (Å²) in [4.78, 5) is 0.263. The first-order valence-electron chi connectivity index (χ1n) is 8.88. The third kappa shape index (κ3) is 3.79. The normalized spacial score (nSPS) is 11.9. The summed E-state index contributed by atoms with van der Waals surface area (Å²) in [5.41, 5.74) is 3.23. The van der Waals surface area contributed by atoms with Gasteiger partial charge in [-0.3, -0.25) is 0 Å². The van der Waals surface area contributed by atoms with Gasteiger partial charge < -0.3 is 4.42 Å². The van der Waals surface area contributed by atoms with Gasteiger partial charge in [0.2, 0.25) is 21.8 Å².